The van der Waals surface area contributed by atoms with Crippen molar-refractivity contribution in [2.45, 2.75) is 39.4 Å². The number of rotatable bonds is 7. The summed E-state index contributed by atoms with van der Waals surface area (Å²) in [6.45, 7) is 5.35. The summed E-state index contributed by atoms with van der Waals surface area (Å²) in [7, 11) is 1.68. The van der Waals surface area contributed by atoms with Gasteiger partial charge >= 0.3 is 6.18 Å². The molecule has 0 atom stereocenters. The number of aromatic nitrogens is 1. The van der Waals surface area contributed by atoms with Gasteiger partial charge in [-0.15, -0.1) is 0 Å². The molecule has 0 saturated heterocycles. The predicted molar refractivity (Wildman–Crippen MR) is 74.9 cm³/mol. The molecule has 6 heteroatoms. The first kappa shape index (κ1) is 16.8. The van der Waals surface area contributed by atoms with Gasteiger partial charge in [-0.1, -0.05) is 6.92 Å². The van der Waals surface area contributed by atoms with Crippen molar-refractivity contribution in [2.24, 2.45) is 0 Å². The maximum atomic E-state index is 12.3. The minimum atomic E-state index is -4.13. The summed E-state index contributed by atoms with van der Waals surface area (Å²) in [5.74, 6) is 0. The van der Waals surface area contributed by atoms with Crippen molar-refractivity contribution in [3.63, 3.8) is 0 Å². The van der Waals surface area contributed by atoms with Gasteiger partial charge < -0.3 is 10.2 Å². The molecule has 0 bridgehead atoms. The van der Waals surface area contributed by atoms with Crippen LogP contribution in [0.25, 0.3) is 0 Å². The van der Waals surface area contributed by atoms with Crippen LogP contribution in [0.4, 0.5) is 18.9 Å². The number of anilines is 1. The van der Waals surface area contributed by atoms with E-state index in [2.05, 4.69) is 17.2 Å². The van der Waals surface area contributed by atoms with Crippen molar-refractivity contribution in [1.82, 2.24) is 10.3 Å². The molecule has 0 amide bonds. The van der Waals surface area contributed by atoms with Crippen LogP contribution in [0.1, 0.15) is 31.0 Å². The zero-order valence-electron chi connectivity index (χ0n) is 12.2. The average Bonchev–Trinajstić information content (AvgIpc) is 2.37. The van der Waals surface area contributed by atoms with Crippen LogP contribution in [0, 0.1) is 6.92 Å². The molecule has 0 radical (unpaired) electrons. The molecule has 1 aromatic rings. The lowest BCUT2D eigenvalue weighted by molar-refractivity contribution is -0.132. The Morgan fingerprint density at radius 2 is 2.05 bits per heavy atom. The highest BCUT2D eigenvalue weighted by molar-refractivity contribution is 5.53. The van der Waals surface area contributed by atoms with Crippen molar-refractivity contribution in [2.75, 3.05) is 25.0 Å². The first-order valence-electron chi connectivity index (χ1n) is 6.77. The first-order valence-corrected chi connectivity index (χ1v) is 6.77. The molecule has 1 N–H and O–H groups in total. The number of nitrogens with zero attached hydrogens (tertiary/aromatic N) is 2. The number of hydrogen-bond acceptors (Lipinski definition) is 3. The fraction of sp³-hybridized carbons (Fsp3) is 0.643. The van der Waals surface area contributed by atoms with Gasteiger partial charge in [-0.05, 0) is 26.0 Å². The van der Waals surface area contributed by atoms with E-state index in [1.54, 1.807) is 18.1 Å². The lowest BCUT2D eigenvalue weighted by Crippen LogP contribution is -2.26. The molecule has 0 saturated carbocycles. The van der Waals surface area contributed by atoms with Crippen LogP contribution < -0.4 is 10.2 Å². The van der Waals surface area contributed by atoms with Crippen LogP contribution in [0.3, 0.4) is 0 Å². The molecule has 1 aromatic heterocycles. The number of aryl methyl sites for hydroxylation is 1. The standard InChI is InChI=1S/C14H22F3N3/c1-4-6-18-9-12-10-19-11(2)8-13(12)20(3)7-5-14(15,16)17/h8,10,18H,4-7,9H2,1-3H3. The first-order chi connectivity index (χ1) is 9.33. The highest BCUT2D eigenvalue weighted by Gasteiger charge is 2.27. The van der Waals surface area contributed by atoms with Crippen molar-refractivity contribution in [3.05, 3.63) is 23.5 Å². The number of halogens is 3. The van der Waals surface area contributed by atoms with Crippen molar-refractivity contribution in [3.8, 4) is 0 Å². The van der Waals surface area contributed by atoms with Gasteiger partial charge in [0.25, 0.3) is 0 Å². The largest absolute Gasteiger partial charge is 0.390 e. The molecule has 0 unspecified atom stereocenters. The highest BCUT2D eigenvalue weighted by Crippen LogP contribution is 2.24. The third kappa shape index (κ3) is 5.77. The van der Waals surface area contributed by atoms with Gasteiger partial charge in [-0.3, -0.25) is 4.98 Å². The zero-order valence-corrected chi connectivity index (χ0v) is 12.2. The van der Waals surface area contributed by atoms with Crippen molar-refractivity contribution >= 4 is 5.69 Å². The van der Waals surface area contributed by atoms with Crippen LogP contribution in [-0.2, 0) is 6.54 Å². The Balaban J connectivity index is 2.77. The number of alkyl halides is 3. The quantitative estimate of drug-likeness (QED) is 0.781. The molecule has 1 heterocycles. The van der Waals surface area contributed by atoms with Gasteiger partial charge in [0.05, 0.1) is 6.42 Å². The van der Waals surface area contributed by atoms with E-state index in [1.807, 2.05) is 13.0 Å². The van der Waals surface area contributed by atoms with E-state index >= 15 is 0 Å². The maximum Gasteiger partial charge on any atom is 0.390 e. The second-order valence-corrected chi connectivity index (χ2v) is 4.92. The molecule has 0 spiro atoms. The topological polar surface area (TPSA) is 28.2 Å². The number of pyridine rings is 1. The lowest BCUT2D eigenvalue weighted by atomic mass is 10.2. The van der Waals surface area contributed by atoms with Crippen molar-refractivity contribution in [1.29, 1.82) is 0 Å². The Hall–Kier alpha value is -1.30. The molecule has 0 aliphatic rings. The monoisotopic (exact) mass is 289 g/mol. The van der Waals surface area contributed by atoms with Gasteiger partial charge in [0.15, 0.2) is 0 Å². The van der Waals surface area contributed by atoms with E-state index in [0.717, 1.165) is 29.9 Å². The van der Waals surface area contributed by atoms with Crippen molar-refractivity contribution < 1.29 is 13.2 Å². The molecule has 0 fully saturated rings. The summed E-state index contributed by atoms with van der Waals surface area (Å²) in [5, 5.41) is 3.25. The van der Waals surface area contributed by atoms with E-state index in [9.17, 15) is 13.2 Å². The number of nitrogens with one attached hydrogen (secondary N) is 1. The Morgan fingerprint density at radius 3 is 2.65 bits per heavy atom. The summed E-state index contributed by atoms with van der Waals surface area (Å²) >= 11 is 0. The molecular formula is C14H22F3N3. The SMILES string of the molecule is CCCNCc1cnc(C)cc1N(C)CCC(F)(F)F. The van der Waals surface area contributed by atoms with Crippen LogP contribution in [0.5, 0.6) is 0 Å². The predicted octanol–water partition coefficient (Wildman–Crippen LogP) is 3.28. The highest BCUT2D eigenvalue weighted by atomic mass is 19.4. The van der Waals surface area contributed by atoms with Gasteiger partial charge in [-0.2, -0.15) is 13.2 Å². The molecule has 0 aliphatic carbocycles. The van der Waals surface area contributed by atoms with E-state index in [0.29, 0.717) is 6.54 Å². The van der Waals surface area contributed by atoms with E-state index in [1.165, 1.54) is 0 Å². The summed E-state index contributed by atoms with van der Waals surface area (Å²) in [5.41, 5.74) is 2.54. The molecule has 20 heavy (non-hydrogen) atoms. The third-order valence-electron chi connectivity index (χ3n) is 2.98. The van der Waals surface area contributed by atoms with Gasteiger partial charge in [-0.25, -0.2) is 0 Å². The zero-order chi connectivity index (χ0) is 15.2. The minimum absolute atomic E-state index is 0.0479. The lowest BCUT2D eigenvalue weighted by Gasteiger charge is -2.23. The van der Waals surface area contributed by atoms with Crippen LogP contribution in [0.15, 0.2) is 12.3 Å². The normalized spacial score (nSPS) is 11.7. The second kappa shape index (κ2) is 7.47. The summed E-state index contributed by atoms with van der Waals surface area (Å²) < 4.78 is 36.9. The van der Waals surface area contributed by atoms with E-state index in [-0.39, 0.29) is 6.54 Å². The summed E-state index contributed by atoms with van der Waals surface area (Å²) in [6.07, 6.45) is -2.19. The fourth-order valence-electron chi connectivity index (χ4n) is 1.88. The molecule has 0 aliphatic heterocycles. The third-order valence-corrected chi connectivity index (χ3v) is 2.98. The number of hydrogen-bond donors (Lipinski definition) is 1. The van der Waals surface area contributed by atoms with Crippen LogP contribution >= 0.6 is 0 Å². The average molecular weight is 289 g/mol. The molecular weight excluding hydrogens is 267 g/mol. The Morgan fingerprint density at radius 1 is 1.35 bits per heavy atom. The Bertz CT molecular complexity index is 419. The summed E-state index contributed by atoms with van der Waals surface area (Å²) in [6, 6.07) is 1.83. The second-order valence-electron chi connectivity index (χ2n) is 4.92. The minimum Gasteiger partial charge on any atom is -0.374 e. The maximum absolute atomic E-state index is 12.3. The van der Waals surface area contributed by atoms with Gasteiger partial charge in [0.1, 0.15) is 0 Å². The molecule has 1 rings (SSSR count). The van der Waals surface area contributed by atoms with Gasteiger partial charge in [0, 0.05) is 43.3 Å². The van der Waals surface area contributed by atoms with Crippen LogP contribution in [-0.4, -0.2) is 31.3 Å². The Kier molecular flexibility index (Phi) is 6.26. The van der Waals surface area contributed by atoms with E-state index in [4.69, 9.17) is 0 Å². The fourth-order valence-corrected chi connectivity index (χ4v) is 1.88. The van der Waals surface area contributed by atoms with Gasteiger partial charge in [0.2, 0.25) is 0 Å². The van der Waals surface area contributed by atoms with Crippen LogP contribution in [0.2, 0.25) is 0 Å². The van der Waals surface area contributed by atoms with E-state index < -0.39 is 12.6 Å². The molecule has 3 nitrogen and oxygen atoms in total. The molecule has 0 aromatic carbocycles. The smallest absolute Gasteiger partial charge is 0.374 e. The molecule has 114 valence electrons. The Labute approximate surface area is 118 Å². The summed E-state index contributed by atoms with van der Waals surface area (Å²) in [4.78, 5) is 5.86.